The molecular formula is C11H12BrN3S. The van der Waals surface area contributed by atoms with Crippen molar-refractivity contribution in [3.8, 4) is 0 Å². The normalized spacial score (nSPS) is 12.6. The van der Waals surface area contributed by atoms with Crippen LogP contribution in [0.3, 0.4) is 0 Å². The first kappa shape index (κ1) is 11.7. The summed E-state index contributed by atoms with van der Waals surface area (Å²) < 4.78 is 1.00. The van der Waals surface area contributed by atoms with E-state index in [1.165, 1.54) is 5.56 Å². The topological polar surface area (TPSA) is 37.8 Å². The van der Waals surface area contributed by atoms with Crippen molar-refractivity contribution in [1.29, 1.82) is 0 Å². The Morgan fingerprint density at radius 1 is 1.50 bits per heavy atom. The summed E-state index contributed by atoms with van der Waals surface area (Å²) in [6.07, 6.45) is 6.41. The van der Waals surface area contributed by atoms with E-state index in [2.05, 4.69) is 37.3 Å². The molecule has 0 amide bonds. The van der Waals surface area contributed by atoms with Crippen molar-refractivity contribution in [2.45, 2.75) is 12.5 Å². The Balaban J connectivity index is 2.16. The van der Waals surface area contributed by atoms with E-state index >= 15 is 0 Å². The van der Waals surface area contributed by atoms with Gasteiger partial charge >= 0.3 is 0 Å². The lowest BCUT2D eigenvalue weighted by molar-refractivity contribution is 0.588. The summed E-state index contributed by atoms with van der Waals surface area (Å²) in [4.78, 5) is 8.48. The molecule has 16 heavy (non-hydrogen) atoms. The van der Waals surface area contributed by atoms with Crippen LogP contribution in [0.2, 0.25) is 0 Å². The van der Waals surface area contributed by atoms with E-state index in [0.717, 1.165) is 15.9 Å². The van der Waals surface area contributed by atoms with Gasteiger partial charge in [0, 0.05) is 40.9 Å². The highest BCUT2D eigenvalue weighted by Crippen LogP contribution is 2.21. The highest BCUT2D eigenvalue weighted by Gasteiger charge is 2.12. The summed E-state index contributed by atoms with van der Waals surface area (Å²) >= 11 is 5.12. The maximum atomic E-state index is 4.30. The number of nitrogens with one attached hydrogen (secondary N) is 1. The summed E-state index contributed by atoms with van der Waals surface area (Å²) in [7, 11) is 1.96. The van der Waals surface area contributed by atoms with Gasteiger partial charge in [-0.2, -0.15) is 0 Å². The van der Waals surface area contributed by atoms with Gasteiger partial charge in [-0.05, 0) is 34.6 Å². The SMILES string of the molecule is CNC(Cc1nccs1)c1cncc(Br)c1. The Bertz CT molecular complexity index is 444. The molecule has 0 spiro atoms. The van der Waals surface area contributed by atoms with E-state index in [4.69, 9.17) is 0 Å². The van der Waals surface area contributed by atoms with Crippen LogP contribution in [0.4, 0.5) is 0 Å². The van der Waals surface area contributed by atoms with Gasteiger partial charge in [0.2, 0.25) is 0 Å². The second-order valence-electron chi connectivity index (χ2n) is 3.41. The first-order chi connectivity index (χ1) is 7.79. The molecule has 2 aromatic rings. The molecule has 5 heteroatoms. The quantitative estimate of drug-likeness (QED) is 0.943. The van der Waals surface area contributed by atoms with Gasteiger partial charge in [-0.1, -0.05) is 0 Å². The first-order valence-electron chi connectivity index (χ1n) is 4.95. The van der Waals surface area contributed by atoms with Crippen LogP contribution in [0.5, 0.6) is 0 Å². The minimum absolute atomic E-state index is 0.260. The molecule has 2 aromatic heterocycles. The van der Waals surface area contributed by atoms with E-state index in [-0.39, 0.29) is 6.04 Å². The van der Waals surface area contributed by atoms with E-state index in [1.807, 2.05) is 24.8 Å². The molecule has 3 nitrogen and oxygen atoms in total. The summed E-state index contributed by atoms with van der Waals surface area (Å²) in [6, 6.07) is 2.35. The minimum Gasteiger partial charge on any atom is -0.313 e. The lowest BCUT2D eigenvalue weighted by atomic mass is 10.1. The molecule has 0 saturated carbocycles. The average Bonchev–Trinajstić information content (AvgIpc) is 2.78. The van der Waals surface area contributed by atoms with Crippen molar-refractivity contribution in [1.82, 2.24) is 15.3 Å². The molecule has 0 aliphatic carbocycles. The Morgan fingerprint density at radius 3 is 3.00 bits per heavy atom. The number of pyridine rings is 1. The van der Waals surface area contributed by atoms with Crippen LogP contribution in [-0.2, 0) is 6.42 Å². The first-order valence-corrected chi connectivity index (χ1v) is 6.63. The fraction of sp³-hybridized carbons (Fsp3) is 0.273. The van der Waals surface area contributed by atoms with Gasteiger partial charge in [0.1, 0.15) is 0 Å². The lowest BCUT2D eigenvalue weighted by Crippen LogP contribution is -2.18. The van der Waals surface area contributed by atoms with Crippen LogP contribution >= 0.6 is 27.3 Å². The third kappa shape index (κ3) is 2.87. The zero-order valence-corrected chi connectivity index (χ0v) is 11.3. The molecule has 0 saturated heterocycles. The van der Waals surface area contributed by atoms with Crippen LogP contribution in [-0.4, -0.2) is 17.0 Å². The van der Waals surface area contributed by atoms with E-state index in [0.29, 0.717) is 0 Å². The Morgan fingerprint density at radius 2 is 2.38 bits per heavy atom. The number of aromatic nitrogens is 2. The number of rotatable bonds is 4. The zero-order valence-electron chi connectivity index (χ0n) is 8.85. The summed E-state index contributed by atoms with van der Waals surface area (Å²) in [6.45, 7) is 0. The van der Waals surface area contributed by atoms with Gasteiger partial charge in [0.05, 0.1) is 5.01 Å². The number of halogens is 1. The van der Waals surface area contributed by atoms with Gasteiger partial charge in [-0.15, -0.1) is 11.3 Å². The predicted molar refractivity (Wildman–Crippen MR) is 69.6 cm³/mol. The Labute approximate surface area is 107 Å². The van der Waals surface area contributed by atoms with Crippen LogP contribution in [0.25, 0.3) is 0 Å². The zero-order chi connectivity index (χ0) is 11.4. The molecule has 0 fully saturated rings. The molecular weight excluding hydrogens is 286 g/mol. The summed E-state index contributed by atoms with van der Waals surface area (Å²) in [5.74, 6) is 0. The van der Waals surface area contributed by atoms with Crippen LogP contribution < -0.4 is 5.32 Å². The van der Waals surface area contributed by atoms with Crippen molar-refractivity contribution >= 4 is 27.3 Å². The third-order valence-electron chi connectivity index (χ3n) is 2.34. The number of nitrogens with zero attached hydrogens (tertiary/aromatic N) is 2. The molecule has 0 radical (unpaired) electrons. The summed E-state index contributed by atoms with van der Waals surface area (Å²) in [5, 5.41) is 6.43. The second-order valence-corrected chi connectivity index (χ2v) is 5.30. The third-order valence-corrected chi connectivity index (χ3v) is 3.57. The minimum atomic E-state index is 0.260. The van der Waals surface area contributed by atoms with Crippen molar-refractivity contribution in [2.75, 3.05) is 7.05 Å². The van der Waals surface area contributed by atoms with E-state index in [1.54, 1.807) is 17.5 Å². The van der Waals surface area contributed by atoms with Crippen molar-refractivity contribution < 1.29 is 0 Å². The second kappa shape index (κ2) is 5.52. The highest BCUT2D eigenvalue weighted by molar-refractivity contribution is 9.10. The molecule has 1 unspecified atom stereocenters. The Kier molecular flexibility index (Phi) is 4.04. The van der Waals surface area contributed by atoms with Crippen molar-refractivity contribution in [2.24, 2.45) is 0 Å². The smallest absolute Gasteiger partial charge is 0.0943 e. The molecule has 0 aromatic carbocycles. The Hall–Kier alpha value is -0.780. The molecule has 2 heterocycles. The largest absolute Gasteiger partial charge is 0.313 e. The number of hydrogen-bond donors (Lipinski definition) is 1. The monoisotopic (exact) mass is 297 g/mol. The molecule has 2 rings (SSSR count). The molecule has 1 atom stereocenters. The molecule has 0 bridgehead atoms. The van der Waals surface area contributed by atoms with Crippen LogP contribution in [0, 0.1) is 0 Å². The fourth-order valence-corrected chi connectivity index (χ4v) is 2.58. The summed E-state index contributed by atoms with van der Waals surface area (Å²) in [5.41, 5.74) is 1.17. The molecule has 84 valence electrons. The van der Waals surface area contributed by atoms with Gasteiger partial charge in [-0.25, -0.2) is 4.98 Å². The van der Waals surface area contributed by atoms with Crippen molar-refractivity contribution in [3.63, 3.8) is 0 Å². The van der Waals surface area contributed by atoms with E-state index in [9.17, 15) is 0 Å². The molecule has 0 aliphatic rings. The molecule has 1 N–H and O–H groups in total. The average molecular weight is 298 g/mol. The van der Waals surface area contributed by atoms with Crippen molar-refractivity contribution in [3.05, 3.63) is 45.1 Å². The van der Waals surface area contributed by atoms with Crippen LogP contribution in [0.1, 0.15) is 16.6 Å². The van der Waals surface area contributed by atoms with Gasteiger partial charge < -0.3 is 5.32 Å². The standard InChI is InChI=1S/C11H12BrN3S/c1-13-10(5-11-15-2-3-16-11)8-4-9(12)7-14-6-8/h2-4,6-7,10,13H,5H2,1H3. The number of thiazole rings is 1. The van der Waals surface area contributed by atoms with Gasteiger partial charge in [-0.3, -0.25) is 4.98 Å². The fourth-order valence-electron chi connectivity index (χ4n) is 1.53. The number of likely N-dealkylation sites (N-methyl/N-ethyl adjacent to an activating group) is 1. The van der Waals surface area contributed by atoms with Gasteiger partial charge in [0.25, 0.3) is 0 Å². The number of hydrogen-bond acceptors (Lipinski definition) is 4. The van der Waals surface area contributed by atoms with E-state index < -0.39 is 0 Å². The lowest BCUT2D eigenvalue weighted by Gasteiger charge is -2.14. The maximum absolute atomic E-state index is 4.30. The van der Waals surface area contributed by atoms with Gasteiger partial charge in [0.15, 0.2) is 0 Å². The van der Waals surface area contributed by atoms with Crippen LogP contribution in [0.15, 0.2) is 34.5 Å². The highest BCUT2D eigenvalue weighted by atomic mass is 79.9. The maximum Gasteiger partial charge on any atom is 0.0943 e. The predicted octanol–water partition coefficient (Wildman–Crippen LogP) is 2.80. The molecule has 0 aliphatic heterocycles.